The lowest BCUT2D eigenvalue weighted by Gasteiger charge is -2.70. The first kappa shape index (κ1) is 23.6. The fourth-order valence-electron chi connectivity index (χ4n) is 10.1. The van der Waals surface area contributed by atoms with Crippen LogP contribution in [-0.4, -0.2) is 34.0 Å². The lowest BCUT2D eigenvalue weighted by Crippen LogP contribution is -2.65. The second-order valence-electron chi connectivity index (χ2n) is 13.5. The Morgan fingerprint density at radius 2 is 1.76 bits per heavy atom. The number of carbonyl (C=O) groups is 1. The fourth-order valence-corrected chi connectivity index (χ4v) is 10.1. The van der Waals surface area contributed by atoms with Crippen molar-refractivity contribution in [3.05, 3.63) is 23.3 Å². The van der Waals surface area contributed by atoms with Gasteiger partial charge in [0.05, 0.1) is 18.1 Å². The van der Waals surface area contributed by atoms with Gasteiger partial charge in [0.25, 0.3) is 0 Å². The maximum Gasteiger partial charge on any atom is 0.310 e. The van der Waals surface area contributed by atoms with Gasteiger partial charge in [0.15, 0.2) is 0 Å². The van der Waals surface area contributed by atoms with Gasteiger partial charge in [0, 0.05) is 11.3 Å². The van der Waals surface area contributed by atoms with E-state index >= 15 is 0 Å². The molecule has 0 heterocycles. The third-order valence-corrected chi connectivity index (χ3v) is 12.5. The normalized spacial score (nSPS) is 53.5. The lowest BCUT2D eigenvalue weighted by atomic mass is 9.34. The molecule has 0 aromatic rings. The van der Waals surface area contributed by atoms with E-state index in [2.05, 4.69) is 46.8 Å². The van der Waals surface area contributed by atoms with Gasteiger partial charge in [-0.3, -0.25) is 4.79 Å². The van der Waals surface area contributed by atoms with Crippen molar-refractivity contribution in [2.45, 2.75) is 98.5 Å². The van der Waals surface area contributed by atoms with E-state index in [1.165, 1.54) is 11.1 Å². The molecule has 4 heteroatoms. The van der Waals surface area contributed by atoms with Crippen LogP contribution in [0, 0.1) is 44.8 Å². The molecule has 0 spiro atoms. The first-order valence-corrected chi connectivity index (χ1v) is 13.3. The maximum absolute atomic E-state index is 12.6. The summed E-state index contributed by atoms with van der Waals surface area (Å²) in [4.78, 5) is 12.6. The minimum Gasteiger partial charge on any atom is -0.481 e. The van der Waals surface area contributed by atoms with Gasteiger partial charge in [-0.1, -0.05) is 51.0 Å². The van der Waals surface area contributed by atoms with E-state index in [1.54, 1.807) is 0 Å². The first-order chi connectivity index (χ1) is 15.4. The molecule has 5 rings (SSSR count). The third kappa shape index (κ3) is 2.74. The van der Waals surface area contributed by atoms with E-state index in [-0.39, 0.29) is 28.8 Å². The molecule has 0 bridgehead atoms. The molecule has 0 saturated heterocycles. The number of hydrogen-bond donors (Lipinski definition) is 3. The zero-order valence-corrected chi connectivity index (χ0v) is 21.3. The number of fused-ring (bicyclic) bond motifs is 7. The number of aliphatic hydroxyl groups is 2. The Balaban J connectivity index is 1.60. The smallest absolute Gasteiger partial charge is 0.310 e. The van der Waals surface area contributed by atoms with Crippen LogP contribution in [0.25, 0.3) is 0 Å². The van der Waals surface area contributed by atoms with Crippen LogP contribution in [-0.2, 0) is 4.79 Å². The van der Waals surface area contributed by atoms with E-state index < -0.39 is 22.9 Å². The van der Waals surface area contributed by atoms with Crippen molar-refractivity contribution in [3.8, 4) is 0 Å². The molecule has 33 heavy (non-hydrogen) atoms. The van der Waals surface area contributed by atoms with Crippen molar-refractivity contribution in [1.82, 2.24) is 0 Å². The Bertz CT molecular complexity index is 921. The van der Waals surface area contributed by atoms with Gasteiger partial charge >= 0.3 is 5.97 Å². The van der Waals surface area contributed by atoms with Crippen LogP contribution < -0.4 is 0 Å². The highest BCUT2D eigenvalue weighted by Gasteiger charge is 2.69. The molecule has 0 radical (unpaired) electrons. The third-order valence-electron chi connectivity index (χ3n) is 12.5. The Morgan fingerprint density at radius 3 is 2.42 bits per heavy atom. The molecule has 0 aliphatic heterocycles. The first-order valence-electron chi connectivity index (χ1n) is 13.3. The van der Waals surface area contributed by atoms with Crippen molar-refractivity contribution in [2.24, 2.45) is 44.8 Å². The van der Waals surface area contributed by atoms with Gasteiger partial charge in [-0.2, -0.15) is 0 Å². The van der Waals surface area contributed by atoms with E-state index in [0.29, 0.717) is 18.3 Å². The maximum atomic E-state index is 12.6. The van der Waals surface area contributed by atoms with Crippen LogP contribution in [0.4, 0.5) is 0 Å². The summed E-state index contributed by atoms with van der Waals surface area (Å²) in [6.45, 7) is 11.7. The standard InChI is InChI=1S/C29H44O4/c1-18-8-13-29(24(32)33)15-14-27(4)19(20(29)16-18)6-7-22-25(2)11-10-23(31)26(3,17-30)21(25)9-12-28(22,27)5/h6,8,20-23,30-31H,7,9-17H2,1-5H3,(H,32,33). The number of hydrogen-bond acceptors (Lipinski definition) is 3. The molecule has 9 unspecified atom stereocenters. The molecule has 4 nitrogen and oxygen atoms in total. The van der Waals surface area contributed by atoms with Gasteiger partial charge in [-0.05, 0) is 92.8 Å². The minimum atomic E-state index is -0.639. The molecule has 9 atom stereocenters. The van der Waals surface area contributed by atoms with Crippen LogP contribution in [0.1, 0.15) is 92.4 Å². The summed E-state index contributed by atoms with van der Waals surface area (Å²) in [7, 11) is 0. The monoisotopic (exact) mass is 456 g/mol. The highest BCUT2D eigenvalue weighted by atomic mass is 16.4. The van der Waals surface area contributed by atoms with Gasteiger partial charge < -0.3 is 15.3 Å². The van der Waals surface area contributed by atoms with Crippen molar-refractivity contribution >= 4 is 5.97 Å². The zero-order chi connectivity index (χ0) is 24.0. The molecular formula is C29H44O4. The summed E-state index contributed by atoms with van der Waals surface area (Å²) < 4.78 is 0. The van der Waals surface area contributed by atoms with Crippen molar-refractivity contribution in [3.63, 3.8) is 0 Å². The van der Waals surface area contributed by atoms with Crippen LogP contribution in [0.15, 0.2) is 23.3 Å². The van der Waals surface area contributed by atoms with Gasteiger partial charge in [0.1, 0.15) is 0 Å². The van der Waals surface area contributed by atoms with Crippen LogP contribution in [0.5, 0.6) is 0 Å². The lowest BCUT2D eigenvalue weighted by molar-refractivity contribution is -0.214. The van der Waals surface area contributed by atoms with Gasteiger partial charge in [-0.25, -0.2) is 0 Å². The van der Waals surface area contributed by atoms with Crippen LogP contribution in [0.3, 0.4) is 0 Å². The minimum absolute atomic E-state index is 0.0107. The average Bonchev–Trinajstić information content (AvgIpc) is 2.77. The topological polar surface area (TPSA) is 77.8 Å². The number of carboxylic acids is 1. The summed E-state index contributed by atoms with van der Waals surface area (Å²) in [6.07, 6.45) is 12.4. The molecule has 0 aromatic heterocycles. The van der Waals surface area contributed by atoms with E-state index in [1.807, 2.05) is 0 Å². The molecule has 3 saturated carbocycles. The highest BCUT2D eigenvalue weighted by molar-refractivity contribution is 5.77. The van der Waals surface area contributed by atoms with Gasteiger partial charge in [0.2, 0.25) is 0 Å². The predicted molar refractivity (Wildman–Crippen MR) is 129 cm³/mol. The number of carboxylic acid groups (broad SMARTS) is 1. The Hall–Kier alpha value is -1.13. The van der Waals surface area contributed by atoms with Crippen molar-refractivity contribution in [2.75, 3.05) is 6.61 Å². The Morgan fingerprint density at radius 1 is 1.03 bits per heavy atom. The summed E-state index contributed by atoms with van der Waals surface area (Å²) in [5.41, 5.74) is 1.90. The second kappa shape index (κ2) is 7.20. The summed E-state index contributed by atoms with van der Waals surface area (Å²) in [5.74, 6) is 0.311. The number of aliphatic hydroxyl groups excluding tert-OH is 2. The number of rotatable bonds is 2. The largest absolute Gasteiger partial charge is 0.481 e. The van der Waals surface area contributed by atoms with Crippen LogP contribution in [0.2, 0.25) is 0 Å². The second-order valence-corrected chi connectivity index (χ2v) is 13.5. The van der Waals surface area contributed by atoms with E-state index in [4.69, 9.17) is 0 Å². The molecule has 5 aliphatic rings. The fraction of sp³-hybridized carbons (Fsp3) is 0.828. The van der Waals surface area contributed by atoms with Gasteiger partial charge in [-0.15, -0.1) is 0 Å². The highest BCUT2D eigenvalue weighted by Crippen LogP contribution is 2.75. The van der Waals surface area contributed by atoms with Crippen LogP contribution >= 0.6 is 0 Å². The van der Waals surface area contributed by atoms with E-state index in [9.17, 15) is 20.1 Å². The van der Waals surface area contributed by atoms with E-state index in [0.717, 1.165) is 51.4 Å². The summed E-state index contributed by atoms with van der Waals surface area (Å²) >= 11 is 0. The molecule has 3 N–H and O–H groups in total. The van der Waals surface area contributed by atoms with Crippen molar-refractivity contribution < 1.29 is 20.1 Å². The molecule has 3 fully saturated rings. The molecule has 184 valence electrons. The summed E-state index contributed by atoms with van der Waals surface area (Å²) in [5, 5.41) is 31.6. The Kier molecular flexibility index (Phi) is 5.15. The molecule has 5 aliphatic carbocycles. The predicted octanol–water partition coefficient (Wildman–Crippen LogP) is 5.74. The Labute approximate surface area is 199 Å². The molecular weight excluding hydrogens is 412 g/mol. The SMILES string of the molecule is CC1=CCC2(C(=O)O)CCC3(C)C(=CCC4C5(C)CCC(O)C(C)(CO)C5CCC43C)C2C1. The number of allylic oxidation sites excluding steroid dienone is 4. The average molecular weight is 457 g/mol. The van der Waals surface area contributed by atoms with Crippen molar-refractivity contribution in [1.29, 1.82) is 0 Å². The zero-order valence-electron chi connectivity index (χ0n) is 21.3. The number of aliphatic carboxylic acids is 1. The molecule has 0 amide bonds. The quantitative estimate of drug-likeness (QED) is 0.463. The molecule has 0 aromatic carbocycles. The summed E-state index contributed by atoms with van der Waals surface area (Å²) in [6, 6.07) is 0.